The van der Waals surface area contributed by atoms with Gasteiger partial charge in [-0.25, -0.2) is 13.1 Å². The summed E-state index contributed by atoms with van der Waals surface area (Å²) < 4.78 is 32.5. The Balaban J connectivity index is 3.01. The van der Waals surface area contributed by atoms with Gasteiger partial charge in [0.15, 0.2) is 0 Å². The second-order valence-corrected chi connectivity index (χ2v) is 7.33. The van der Waals surface area contributed by atoms with E-state index in [0.29, 0.717) is 11.3 Å². The molecule has 0 heterocycles. The smallest absolute Gasteiger partial charge is 0.244 e. The van der Waals surface area contributed by atoms with Crippen LogP contribution in [0.2, 0.25) is 0 Å². The van der Waals surface area contributed by atoms with Gasteiger partial charge in [-0.1, -0.05) is 13.0 Å². The molecule has 0 aliphatic rings. The predicted molar refractivity (Wildman–Crippen MR) is 81.7 cm³/mol. The standard InChI is InChI=1S/C13H21NO4S2/c1-4-19-9-10(2)14-20(16,17)13-7-11(8-15)5-6-12(13)18-3/h5-7,10,14-15H,4,8-9H2,1-3H3. The largest absolute Gasteiger partial charge is 0.495 e. The van der Waals surface area contributed by atoms with E-state index >= 15 is 0 Å². The highest BCUT2D eigenvalue weighted by Crippen LogP contribution is 2.25. The molecule has 7 heteroatoms. The highest BCUT2D eigenvalue weighted by Gasteiger charge is 2.22. The van der Waals surface area contributed by atoms with Crippen molar-refractivity contribution < 1.29 is 18.3 Å². The molecule has 0 saturated carbocycles. The maximum Gasteiger partial charge on any atom is 0.244 e. The van der Waals surface area contributed by atoms with Crippen LogP contribution in [0.1, 0.15) is 19.4 Å². The summed E-state index contributed by atoms with van der Waals surface area (Å²) in [5.41, 5.74) is 0.529. The molecule has 0 aliphatic carbocycles. The van der Waals surface area contributed by atoms with E-state index in [9.17, 15) is 8.42 Å². The molecule has 5 nitrogen and oxygen atoms in total. The minimum Gasteiger partial charge on any atom is -0.495 e. The van der Waals surface area contributed by atoms with Gasteiger partial charge in [0.2, 0.25) is 10.0 Å². The Kier molecular flexibility index (Phi) is 6.81. The second-order valence-electron chi connectivity index (χ2n) is 4.33. The summed E-state index contributed by atoms with van der Waals surface area (Å²) >= 11 is 1.67. The molecule has 0 amide bonds. The highest BCUT2D eigenvalue weighted by atomic mass is 32.2. The normalized spacial score (nSPS) is 13.2. The van der Waals surface area contributed by atoms with E-state index in [2.05, 4.69) is 4.72 Å². The number of aliphatic hydroxyl groups is 1. The molecule has 0 spiro atoms. The minimum absolute atomic E-state index is 0.0555. The molecule has 0 saturated heterocycles. The summed E-state index contributed by atoms with van der Waals surface area (Å²) in [6.07, 6.45) is 0. The zero-order chi connectivity index (χ0) is 15.2. The quantitative estimate of drug-likeness (QED) is 0.761. The van der Waals surface area contributed by atoms with Crippen molar-refractivity contribution in [2.45, 2.75) is 31.4 Å². The first-order valence-corrected chi connectivity index (χ1v) is 8.96. The third kappa shape index (κ3) is 4.66. The van der Waals surface area contributed by atoms with Crippen molar-refractivity contribution in [3.63, 3.8) is 0 Å². The molecular formula is C13H21NO4S2. The van der Waals surface area contributed by atoms with E-state index in [-0.39, 0.29) is 23.3 Å². The Hall–Kier alpha value is -0.760. The van der Waals surface area contributed by atoms with Crippen LogP contribution in [0.3, 0.4) is 0 Å². The van der Waals surface area contributed by atoms with Crippen LogP contribution in [0.25, 0.3) is 0 Å². The van der Waals surface area contributed by atoms with E-state index in [1.807, 2.05) is 13.8 Å². The average Bonchev–Trinajstić information content (AvgIpc) is 2.43. The summed E-state index contributed by atoms with van der Waals surface area (Å²) in [6.45, 7) is 3.63. The lowest BCUT2D eigenvalue weighted by molar-refractivity contribution is 0.281. The van der Waals surface area contributed by atoms with Gasteiger partial charge in [0.1, 0.15) is 10.6 Å². The van der Waals surface area contributed by atoms with E-state index < -0.39 is 10.0 Å². The van der Waals surface area contributed by atoms with Gasteiger partial charge >= 0.3 is 0 Å². The van der Waals surface area contributed by atoms with E-state index in [1.54, 1.807) is 23.9 Å². The zero-order valence-electron chi connectivity index (χ0n) is 11.9. The molecule has 20 heavy (non-hydrogen) atoms. The lowest BCUT2D eigenvalue weighted by Gasteiger charge is -2.16. The summed E-state index contributed by atoms with van der Waals surface area (Å²) in [4.78, 5) is 0.0555. The molecular weight excluding hydrogens is 298 g/mol. The number of ether oxygens (including phenoxy) is 1. The number of hydrogen-bond donors (Lipinski definition) is 2. The zero-order valence-corrected chi connectivity index (χ0v) is 13.6. The Morgan fingerprint density at radius 1 is 1.45 bits per heavy atom. The molecule has 1 rings (SSSR count). The minimum atomic E-state index is -3.66. The molecule has 1 atom stereocenters. The predicted octanol–water partition coefficient (Wildman–Crippen LogP) is 1.61. The van der Waals surface area contributed by atoms with Crippen molar-refractivity contribution in [3.05, 3.63) is 23.8 Å². The molecule has 114 valence electrons. The van der Waals surface area contributed by atoms with Crippen LogP contribution in [-0.2, 0) is 16.6 Å². The SMILES string of the molecule is CCSCC(C)NS(=O)(=O)c1cc(CO)ccc1OC. The van der Waals surface area contributed by atoms with Gasteiger partial charge in [0, 0.05) is 11.8 Å². The lowest BCUT2D eigenvalue weighted by atomic mass is 10.2. The number of thioether (sulfide) groups is 1. The van der Waals surface area contributed by atoms with Gasteiger partial charge in [-0.15, -0.1) is 0 Å². The highest BCUT2D eigenvalue weighted by molar-refractivity contribution is 7.99. The summed E-state index contributed by atoms with van der Waals surface area (Å²) in [6, 6.07) is 4.44. The summed E-state index contributed by atoms with van der Waals surface area (Å²) in [5.74, 6) is 1.91. The number of nitrogens with one attached hydrogen (secondary N) is 1. The van der Waals surface area contributed by atoms with Crippen molar-refractivity contribution in [3.8, 4) is 5.75 Å². The van der Waals surface area contributed by atoms with Crippen LogP contribution in [0, 0.1) is 0 Å². The monoisotopic (exact) mass is 319 g/mol. The molecule has 0 bridgehead atoms. The summed E-state index contributed by atoms with van der Waals surface area (Å²) in [5, 5.41) is 9.13. The Labute approximate surface area is 124 Å². The molecule has 0 fully saturated rings. The van der Waals surface area contributed by atoms with Crippen molar-refractivity contribution in [1.29, 1.82) is 0 Å². The van der Waals surface area contributed by atoms with Crippen LogP contribution < -0.4 is 9.46 Å². The third-order valence-corrected chi connectivity index (χ3v) is 5.38. The molecule has 2 N–H and O–H groups in total. The first kappa shape index (κ1) is 17.3. The topological polar surface area (TPSA) is 75.6 Å². The Morgan fingerprint density at radius 2 is 2.15 bits per heavy atom. The molecule has 1 unspecified atom stereocenters. The van der Waals surface area contributed by atoms with Crippen LogP contribution in [0.5, 0.6) is 5.75 Å². The van der Waals surface area contributed by atoms with Crippen LogP contribution in [0.4, 0.5) is 0 Å². The first-order valence-electron chi connectivity index (χ1n) is 6.32. The van der Waals surface area contributed by atoms with Gasteiger partial charge < -0.3 is 9.84 Å². The number of aliphatic hydroxyl groups excluding tert-OH is 1. The maximum absolute atomic E-state index is 12.4. The average molecular weight is 319 g/mol. The maximum atomic E-state index is 12.4. The van der Waals surface area contributed by atoms with E-state index in [0.717, 1.165) is 5.75 Å². The fourth-order valence-electron chi connectivity index (χ4n) is 1.69. The van der Waals surface area contributed by atoms with E-state index in [4.69, 9.17) is 9.84 Å². The number of methoxy groups -OCH3 is 1. The fraction of sp³-hybridized carbons (Fsp3) is 0.538. The summed E-state index contributed by atoms with van der Waals surface area (Å²) in [7, 11) is -2.24. The van der Waals surface area contributed by atoms with Gasteiger partial charge in [-0.2, -0.15) is 11.8 Å². The van der Waals surface area contributed by atoms with Crippen molar-refractivity contribution in [2.75, 3.05) is 18.6 Å². The Morgan fingerprint density at radius 3 is 2.70 bits per heavy atom. The van der Waals surface area contributed by atoms with Crippen LogP contribution in [-0.4, -0.2) is 38.2 Å². The lowest BCUT2D eigenvalue weighted by Crippen LogP contribution is -2.34. The number of hydrogen-bond acceptors (Lipinski definition) is 5. The van der Waals surface area contributed by atoms with E-state index in [1.165, 1.54) is 13.2 Å². The van der Waals surface area contributed by atoms with Gasteiger partial charge in [-0.05, 0) is 30.4 Å². The number of sulfonamides is 1. The van der Waals surface area contributed by atoms with Crippen molar-refractivity contribution in [2.24, 2.45) is 0 Å². The number of benzene rings is 1. The second kappa shape index (κ2) is 7.87. The van der Waals surface area contributed by atoms with Crippen molar-refractivity contribution >= 4 is 21.8 Å². The molecule has 1 aromatic rings. The van der Waals surface area contributed by atoms with Gasteiger partial charge in [-0.3, -0.25) is 0 Å². The number of rotatable bonds is 8. The molecule has 1 aromatic carbocycles. The Bertz CT molecular complexity index is 531. The fourth-order valence-corrected chi connectivity index (χ4v) is 3.93. The molecule has 0 radical (unpaired) electrons. The molecule has 0 aliphatic heterocycles. The van der Waals surface area contributed by atoms with Crippen molar-refractivity contribution in [1.82, 2.24) is 4.72 Å². The van der Waals surface area contributed by atoms with Crippen LogP contribution in [0.15, 0.2) is 23.1 Å². The third-order valence-electron chi connectivity index (χ3n) is 2.63. The van der Waals surface area contributed by atoms with Gasteiger partial charge in [0.05, 0.1) is 13.7 Å². The van der Waals surface area contributed by atoms with Crippen LogP contribution >= 0.6 is 11.8 Å². The molecule has 0 aromatic heterocycles. The van der Waals surface area contributed by atoms with Gasteiger partial charge in [0.25, 0.3) is 0 Å². The first-order chi connectivity index (χ1) is 9.44.